The molecule has 2 fully saturated rings. The van der Waals surface area contributed by atoms with E-state index in [-0.39, 0.29) is 22.1 Å². The van der Waals surface area contributed by atoms with Crippen LogP contribution in [0.25, 0.3) is 0 Å². The molecule has 0 spiro atoms. The summed E-state index contributed by atoms with van der Waals surface area (Å²) in [5, 5.41) is 7.28. The highest BCUT2D eigenvalue weighted by molar-refractivity contribution is 9.10. The first-order valence-corrected chi connectivity index (χ1v) is 13.7. The number of rotatable bonds is 8. The second-order valence-corrected chi connectivity index (χ2v) is 10.8. The van der Waals surface area contributed by atoms with Gasteiger partial charge in [0.05, 0.1) is 16.6 Å². The number of nitrogens with one attached hydrogen (secondary N) is 1. The summed E-state index contributed by atoms with van der Waals surface area (Å²) < 4.78 is 15.9. The second kappa shape index (κ2) is 11.6. The Kier molecular flexibility index (Phi) is 8.57. The zero-order chi connectivity index (χ0) is 24.9. The van der Waals surface area contributed by atoms with Crippen LogP contribution < -0.4 is 11.1 Å². The molecule has 2 saturated carbocycles. The summed E-state index contributed by atoms with van der Waals surface area (Å²) in [5.74, 6) is -1.20. The number of amides is 2. The van der Waals surface area contributed by atoms with E-state index in [1.165, 1.54) is 18.9 Å². The average Bonchev–Trinajstić information content (AvgIpc) is 3.29. The lowest BCUT2D eigenvalue weighted by molar-refractivity contribution is -0.120. The predicted molar refractivity (Wildman–Crippen MR) is 136 cm³/mol. The van der Waals surface area contributed by atoms with Gasteiger partial charge in [-0.1, -0.05) is 64.2 Å². The summed E-state index contributed by atoms with van der Waals surface area (Å²) in [7, 11) is 0. The minimum absolute atomic E-state index is 0.0588. The minimum Gasteiger partial charge on any atom is -0.364 e. The molecule has 2 amide bonds. The van der Waals surface area contributed by atoms with Crippen LogP contribution in [0.4, 0.5) is 10.2 Å². The third-order valence-electron chi connectivity index (χ3n) is 7.85. The van der Waals surface area contributed by atoms with Gasteiger partial charge in [0.1, 0.15) is 11.5 Å². The van der Waals surface area contributed by atoms with Gasteiger partial charge in [-0.15, -0.1) is 0 Å². The Bertz CT molecular complexity index is 1030. The molecule has 7 nitrogen and oxygen atoms in total. The van der Waals surface area contributed by atoms with Crippen LogP contribution in [-0.2, 0) is 11.3 Å². The van der Waals surface area contributed by atoms with Crippen molar-refractivity contribution < 1.29 is 14.0 Å². The maximum atomic E-state index is 14.1. The summed E-state index contributed by atoms with van der Waals surface area (Å²) in [4.78, 5) is 30.5. The van der Waals surface area contributed by atoms with Crippen molar-refractivity contribution in [3.05, 3.63) is 40.0 Å². The van der Waals surface area contributed by atoms with Gasteiger partial charge in [0.15, 0.2) is 0 Å². The molecule has 0 radical (unpaired) electrons. The molecular weight excluding hydrogens is 513 g/mol. The molecule has 4 rings (SSSR count). The fourth-order valence-corrected chi connectivity index (χ4v) is 6.54. The molecule has 0 bridgehead atoms. The molecule has 2 aromatic rings. The lowest BCUT2D eigenvalue weighted by atomic mass is 9.63. The fourth-order valence-electron chi connectivity index (χ4n) is 6.32. The summed E-state index contributed by atoms with van der Waals surface area (Å²) in [6.45, 7) is 2.37. The second-order valence-electron chi connectivity index (χ2n) is 9.94. The van der Waals surface area contributed by atoms with Gasteiger partial charge in [0, 0.05) is 12.1 Å². The monoisotopic (exact) mass is 547 g/mol. The third-order valence-corrected chi connectivity index (χ3v) is 8.44. The van der Waals surface area contributed by atoms with Crippen LogP contribution in [0.1, 0.15) is 93.1 Å². The highest BCUT2D eigenvalue weighted by Gasteiger charge is 2.43. The van der Waals surface area contributed by atoms with Gasteiger partial charge in [0.25, 0.3) is 5.91 Å². The highest BCUT2D eigenvalue weighted by Crippen LogP contribution is 2.47. The first-order valence-electron chi connectivity index (χ1n) is 12.9. The van der Waals surface area contributed by atoms with Gasteiger partial charge in [-0.2, -0.15) is 9.49 Å². The SMILES string of the molecule is CCn1ncc(C(C(=O)Nc2ccc(Br)c(F)n2)C(C2CCCCC2)C2CCCCC2)c1C(N)=O. The Morgan fingerprint density at radius 3 is 2.23 bits per heavy atom. The Morgan fingerprint density at radius 2 is 1.71 bits per heavy atom. The number of carbonyl (C=O) groups excluding carboxylic acids is 2. The number of nitrogens with zero attached hydrogens (tertiary/aromatic N) is 3. The Morgan fingerprint density at radius 1 is 1.11 bits per heavy atom. The standard InChI is InChI=1S/C26H35BrFN5O2/c1-2-33-23(25(29)34)18(15-30-33)22(26(35)32-20-14-13-19(27)24(28)31-20)21(16-9-5-3-6-10-16)17-11-7-4-8-12-17/h13-17,21-22H,2-12H2,1H3,(H2,29,34)(H,31,32,35). The molecule has 1 unspecified atom stereocenters. The lowest BCUT2D eigenvalue weighted by Crippen LogP contribution is -2.39. The van der Waals surface area contributed by atoms with Crippen LogP contribution in [0, 0.1) is 23.7 Å². The highest BCUT2D eigenvalue weighted by atomic mass is 79.9. The molecule has 2 heterocycles. The summed E-state index contributed by atoms with van der Waals surface area (Å²) in [5.41, 5.74) is 6.69. The average molecular weight is 549 g/mol. The van der Waals surface area contributed by atoms with Crippen molar-refractivity contribution in [2.24, 2.45) is 23.5 Å². The van der Waals surface area contributed by atoms with E-state index in [1.807, 2.05) is 6.92 Å². The molecule has 2 aliphatic rings. The van der Waals surface area contributed by atoms with Crippen molar-refractivity contribution in [2.45, 2.75) is 83.6 Å². The molecule has 0 aromatic carbocycles. The summed E-state index contributed by atoms with van der Waals surface area (Å²) in [6, 6.07) is 3.10. The largest absolute Gasteiger partial charge is 0.364 e. The number of carbonyl (C=O) groups is 2. The molecule has 1 atom stereocenters. The van der Waals surface area contributed by atoms with Crippen LogP contribution in [-0.4, -0.2) is 26.6 Å². The number of hydrogen-bond acceptors (Lipinski definition) is 4. The first kappa shape index (κ1) is 25.8. The van der Waals surface area contributed by atoms with E-state index in [4.69, 9.17) is 5.73 Å². The number of halogens is 2. The van der Waals surface area contributed by atoms with E-state index in [1.54, 1.807) is 16.9 Å². The van der Waals surface area contributed by atoms with Gasteiger partial charge in [0.2, 0.25) is 11.9 Å². The number of aromatic nitrogens is 3. The summed E-state index contributed by atoms with van der Waals surface area (Å²) in [6.07, 6.45) is 13.0. The molecule has 35 heavy (non-hydrogen) atoms. The fraction of sp³-hybridized carbons (Fsp3) is 0.615. The van der Waals surface area contributed by atoms with Crippen LogP contribution >= 0.6 is 15.9 Å². The first-order chi connectivity index (χ1) is 16.9. The topological polar surface area (TPSA) is 103 Å². The van der Waals surface area contributed by atoms with E-state index in [0.717, 1.165) is 51.4 Å². The van der Waals surface area contributed by atoms with Crippen LogP contribution in [0.15, 0.2) is 22.8 Å². The number of nitrogens with two attached hydrogens (primary N) is 1. The summed E-state index contributed by atoms with van der Waals surface area (Å²) >= 11 is 3.11. The Balaban J connectivity index is 1.79. The number of primary amides is 1. The molecule has 2 aromatic heterocycles. The van der Waals surface area contributed by atoms with Crippen molar-refractivity contribution in [3.8, 4) is 0 Å². The Hall–Kier alpha value is -2.29. The van der Waals surface area contributed by atoms with Gasteiger partial charge in [-0.25, -0.2) is 4.98 Å². The number of pyridine rings is 1. The number of hydrogen-bond donors (Lipinski definition) is 2. The van der Waals surface area contributed by atoms with E-state index in [9.17, 15) is 14.0 Å². The molecule has 0 saturated heterocycles. The van der Waals surface area contributed by atoms with Gasteiger partial charge < -0.3 is 11.1 Å². The number of aryl methyl sites for hydroxylation is 1. The van der Waals surface area contributed by atoms with E-state index in [0.29, 0.717) is 29.6 Å². The van der Waals surface area contributed by atoms with Crippen molar-refractivity contribution in [1.29, 1.82) is 0 Å². The van der Waals surface area contributed by atoms with Crippen molar-refractivity contribution in [1.82, 2.24) is 14.8 Å². The maximum Gasteiger partial charge on any atom is 0.267 e. The van der Waals surface area contributed by atoms with Crippen LogP contribution in [0.2, 0.25) is 0 Å². The van der Waals surface area contributed by atoms with E-state index in [2.05, 4.69) is 31.3 Å². The quantitative estimate of drug-likeness (QED) is 0.407. The van der Waals surface area contributed by atoms with Crippen molar-refractivity contribution in [3.63, 3.8) is 0 Å². The molecule has 3 N–H and O–H groups in total. The van der Waals surface area contributed by atoms with Crippen molar-refractivity contribution >= 4 is 33.6 Å². The minimum atomic E-state index is -0.688. The normalized spacial score (nSPS) is 18.5. The van der Waals surface area contributed by atoms with Crippen LogP contribution in [0.3, 0.4) is 0 Å². The van der Waals surface area contributed by atoms with E-state index < -0.39 is 17.8 Å². The zero-order valence-corrected chi connectivity index (χ0v) is 21.9. The smallest absolute Gasteiger partial charge is 0.267 e. The molecule has 9 heteroatoms. The number of anilines is 1. The Labute approximate surface area is 214 Å². The molecule has 0 aliphatic heterocycles. The zero-order valence-electron chi connectivity index (χ0n) is 20.3. The van der Waals surface area contributed by atoms with E-state index >= 15 is 0 Å². The van der Waals surface area contributed by atoms with Crippen LogP contribution in [0.5, 0.6) is 0 Å². The predicted octanol–water partition coefficient (Wildman–Crippen LogP) is 5.80. The maximum absolute atomic E-state index is 14.1. The molecular formula is C26H35BrFN5O2. The van der Waals surface area contributed by atoms with Gasteiger partial charge >= 0.3 is 0 Å². The lowest BCUT2D eigenvalue weighted by Gasteiger charge is -2.41. The molecule has 190 valence electrons. The van der Waals surface area contributed by atoms with Gasteiger partial charge in [-0.3, -0.25) is 14.3 Å². The van der Waals surface area contributed by atoms with Gasteiger partial charge in [-0.05, 0) is 52.7 Å². The van der Waals surface area contributed by atoms with Crippen molar-refractivity contribution in [2.75, 3.05) is 5.32 Å². The molecule has 2 aliphatic carbocycles. The third kappa shape index (κ3) is 5.76.